The highest BCUT2D eigenvalue weighted by molar-refractivity contribution is 5.78. The van der Waals surface area contributed by atoms with Crippen molar-refractivity contribution >= 4 is 12.1 Å². The zero-order valence-electron chi connectivity index (χ0n) is 15.8. The lowest BCUT2D eigenvalue weighted by molar-refractivity contribution is 0.0963. The summed E-state index contributed by atoms with van der Waals surface area (Å²) >= 11 is 0. The molecule has 0 unspecified atom stereocenters. The number of ether oxygens (including phenoxy) is 3. The van der Waals surface area contributed by atoms with E-state index < -0.39 is 0 Å². The van der Waals surface area contributed by atoms with Crippen molar-refractivity contribution < 1.29 is 19.0 Å². The second kappa shape index (κ2) is 9.34. The van der Waals surface area contributed by atoms with Crippen LogP contribution in [0.15, 0.2) is 23.2 Å². The summed E-state index contributed by atoms with van der Waals surface area (Å²) in [7, 11) is 0. The van der Waals surface area contributed by atoms with Gasteiger partial charge >= 0.3 is 6.09 Å². The van der Waals surface area contributed by atoms with Crippen molar-refractivity contribution in [2.75, 3.05) is 32.9 Å². The summed E-state index contributed by atoms with van der Waals surface area (Å²) in [5.74, 6) is 1.95. The van der Waals surface area contributed by atoms with E-state index in [1.54, 1.807) is 4.90 Å². The Morgan fingerprint density at radius 3 is 2.78 bits per heavy atom. The van der Waals surface area contributed by atoms with Crippen LogP contribution in [0.5, 0.6) is 11.5 Å². The van der Waals surface area contributed by atoms with Gasteiger partial charge in [0.1, 0.15) is 0 Å². The number of nitrogens with two attached hydrogens (primary N) is 1. The van der Waals surface area contributed by atoms with Gasteiger partial charge in [0.05, 0.1) is 26.4 Å². The van der Waals surface area contributed by atoms with Gasteiger partial charge in [-0.05, 0) is 37.5 Å². The zero-order chi connectivity index (χ0) is 19.1. The van der Waals surface area contributed by atoms with Gasteiger partial charge in [-0.3, -0.25) is 0 Å². The molecule has 1 aromatic rings. The first-order chi connectivity index (χ1) is 13.2. The van der Waals surface area contributed by atoms with Crippen molar-refractivity contribution in [3.63, 3.8) is 0 Å². The van der Waals surface area contributed by atoms with Gasteiger partial charge in [-0.1, -0.05) is 6.07 Å². The van der Waals surface area contributed by atoms with E-state index in [0.717, 1.165) is 36.3 Å². The maximum Gasteiger partial charge on any atom is 0.409 e. The number of carbonyl (C=O) groups excluding carboxylic acids is 1. The van der Waals surface area contributed by atoms with Gasteiger partial charge in [-0.2, -0.15) is 0 Å². The molecule has 148 valence electrons. The van der Waals surface area contributed by atoms with Gasteiger partial charge < -0.3 is 30.2 Å². The highest BCUT2D eigenvalue weighted by atomic mass is 16.6. The van der Waals surface area contributed by atoms with E-state index >= 15 is 0 Å². The van der Waals surface area contributed by atoms with Crippen LogP contribution >= 0.6 is 0 Å². The normalized spacial score (nSPS) is 18.0. The molecule has 0 saturated carbocycles. The van der Waals surface area contributed by atoms with Gasteiger partial charge in [0.15, 0.2) is 17.5 Å². The smallest absolute Gasteiger partial charge is 0.409 e. The lowest BCUT2D eigenvalue weighted by Crippen LogP contribution is -2.48. The molecule has 8 nitrogen and oxygen atoms in total. The molecule has 0 spiro atoms. The summed E-state index contributed by atoms with van der Waals surface area (Å²) in [6.07, 6.45) is 2.28. The van der Waals surface area contributed by atoms with Crippen molar-refractivity contribution in [2.24, 2.45) is 10.7 Å². The molecule has 1 saturated heterocycles. The topological polar surface area (TPSA) is 98.4 Å². The quantitative estimate of drug-likeness (QED) is 0.615. The minimum absolute atomic E-state index is 0.211. The van der Waals surface area contributed by atoms with E-state index in [1.165, 1.54) is 0 Å². The molecule has 2 aliphatic rings. The Labute approximate surface area is 159 Å². The molecule has 2 aliphatic heterocycles. The number of nitrogens with one attached hydrogen (secondary N) is 1. The molecule has 3 N–H and O–H groups in total. The molecule has 0 radical (unpaired) electrons. The van der Waals surface area contributed by atoms with Crippen LogP contribution in [0.4, 0.5) is 4.79 Å². The van der Waals surface area contributed by atoms with Crippen LogP contribution in [-0.4, -0.2) is 55.9 Å². The molecule has 3 rings (SSSR count). The van der Waals surface area contributed by atoms with Crippen molar-refractivity contribution in [3.05, 3.63) is 23.8 Å². The lowest BCUT2D eigenvalue weighted by Gasteiger charge is -2.31. The molecule has 1 amide bonds. The number of piperidine rings is 1. The first kappa shape index (κ1) is 19.1. The van der Waals surface area contributed by atoms with E-state index in [-0.39, 0.29) is 12.1 Å². The number of guanidine groups is 1. The third-order valence-corrected chi connectivity index (χ3v) is 4.62. The van der Waals surface area contributed by atoms with Crippen LogP contribution in [0.25, 0.3) is 0 Å². The first-order valence-electron chi connectivity index (χ1n) is 9.52. The summed E-state index contributed by atoms with van der Waals surface area (Å²) in [6.45, 7) is 5.34. The molecule has 1 fully saturated rings. The highest BCUT2D eigenvalue weighted by Crippen LogP contribution is 2.30. The number of hydrogen-bond donors (Lipinski definition) is 2. The maximum absolute atomic E-state index is 11.7. The Morgan fingerprint density at radius 2 is 2.04 bits per heavy atom. The van der Waals surface area contributed by atoms with Crippen LogP contribution in [0.2, 0.25) is 0 Å². The lowest BCUT2D eigenvalue weighted by atomic mass is 10.1. The minimum atomic E-state index is -0.244. The number of hydrogen-bond acceptors (Lipinski definition) is 5. The van der Waals surface area contributed by atoms with Crippen molar-refractivity contribution in [3.8, 4) is 11.5 Å². The second-order valence-corrected chi connectivity index (χ2v) is 6.64. The van der Waals surface area contributed by atoms with Gasteiger partial charge in [-0.25, -0.2) is 9.79 Å². The minimum Gasteiger partial charge on any atom is -0.490 e. The van der Waals surface area contributed by atoms with Crippen molar-refractivity contribution in [2.45, 2.75) is 38.8 Å². The number of amides is 1. The molecule has 0 bridgehead atoms. The fourth-order valence-corrected chi connectivity index (χ4v) is 3.16. The maximum atomic E-state index is 11.7. The number of fused-ring (bicyclic) bond motifs is 1. The van der Waals surface area contributed by atoms with Crippen molar-refractivity contribution in [1.29, 1.82) is 0 Å². The third kappa shape index (κ3) is 5.42. The average Bonchev–Trinajstić information content (AvgIpc) is 2.92. The van der Waals surface area contributed by atoms with Crippen LogP contribution < -0.4 is 20.5 Å². The Morgan fingerprint density at radius 1 is 1.30 bits per heavy atom. The predicted molar refractivity (Wildman–Crippen MR) is 102 cm³/mol. The summed E-state index contributed by atoms with van der Waals surface area (Å²) < 4.78 is 16.4. The Hall–Kier alpha value is -2.64. The van der Waals surface area contributed by atoms with E-state index in [1.807, 2.05) is 25.1 Å². The Kier molecular flexibility index (Phi) is 6.62. The summed E-state index contributed by atoms with van der Waals surface area (Å²) in [5, 5.41) is 3.25. The largest absolute Gasteiger partial charge is 0.490 e. The molecule has 2 heterocycles. The standard InChI is InChI=1S/C19H28N4O4/c1-2-25-19(24)23-8-6-15(7-9-23)22-18(20)21-13-14-4-5-16-17(12-14)27-11-3-10-26-16/h4-5,12,15H,2-3,6-11,13H2,1H3,(H3,20,21,22). The average molecular weight is 376 g/mol. The Bertz CT molecular complexity index is 672. The molecule has 27 heavy (non-hydrogen) atoms. The number of aliphatic imine (C=N–C) groups is 1. The Balaban J connectivity index is 1.47. The summed E-state index contributed by atoms with van der Waals surface area (Å²) in [6, 6.07) is 6.06. The van der Waals surface area contributed by atoms with E-state index in [9.17, 15) is 4.79 Å². The number of benzene rings is 1. The van der Waals surface area contributed by atoms with E-state index in [4.69, 9.17) is 19.9 Å². The van der Waals surface area contributed by atoms with Gasteiger partial charge in [0.25, 0.3) is 0 Å². The molecule has 1 aromatic carbocycles. The number of carbonyl (C=O) groups is 1. The molecular formula is C19H28N4O4. The van der Waals surface area contributed by atoms with Crippen LogP contribution in [-0.2, 0) is 11.3 Å². The first-order valence-corrected chi connectivity index (χ1v) is 9.52. The molecule has 0 aliphatic carbocycles. The SMILES string of the molecule is CCOC(=O)N1CCC(NC(N)=NCc2ccc3c(c2)OCCCO3)CC1. The molecule has 0 aromatic heterocycles. The summed E-state index contributed by atoms with van der Waals surface area (Å²) in [5.41, 5.74) is 7.05. The molecular weight excluding hydrogens is 348 g/mol. The van der Waals surface area contributed by atoms with Crippen molar-refractivity contribution in [1.82, 2.24) is 10.2 Å². The van der Waals surface area contributed by atoms with E-state index in [2.05, 4.69) is 10.3 Å². The fourth-order valence-electron chi connectivity index (χ4n) is 3.16. The van der Waals surface area contributed by atoms with Crippen LogP contribution in [0, 0.1) is 0 Å². The van der Waals surface area contributed by atoms with Crippen LogP contribution in [0.1, 0.15) is 31.7 Å². The predicted octanol–water partition coefficient (Wildman–Crippen LogP) is 1.87. The fraction of sp³-hybridized carbons (Fsp3) is 0.579. The van der Waals surface area contributed by atoms with Crippen LogP contribution in [0.3, 0.4) is 0 Å². The third-order valence-electron chi connectivity index (χ3n) is 4.62. The van der Waals surface area contributed by atoms with Gasteiger partial charge in [0.2, 0.25) is 0 Å². The number of rotatable bonds is 4. The molecule has 8 heteroatoms. The monoisotopic (exact) mass is 376 g/mol. The van der Waals surface area contributed by atoms with Gasteiger partial charge in [-0.15, -0.1) is 0 Å². The number of likely N-dealkylation sites (tertiary alicyclic amines) is 1. The second-order valence-electron chi connectivity index (χ2n) is 6.64. The van der Waals surface area contributed by atoms with Gasteiger partial charge in [0, 0.05) is 25.6 Å². The summed E-state index contributed by atoms with van der Waals surface area (Å²) in [4.78, 5) is 17.9. The van der Waals surface area contributed by atoms with E-state index in [0.29, 0.717) is 45.4 Å². The highest BCUT2D eigenvalue weighted by Gasteiger charge is 2.23. The zero-order valence-corrected chi connectivity index (χ0v) is 15.8. The number of nitrogens with zero attached hydrogens (tertiary/aromatic N) is 2. The molecule has 0 atom stereocenters.